The topological polar surface area (TPSA) is 26.3 Å². The predicted molar refractivity (Wildman–Crippen MR) is 59.9 cm³/mol. The van der Waals surface area contributed by atoms with Gasteiger partial charge in [0, 0.05) is 4.90 Å². The van der Waals surface area contributed by atoms with Crippen molar-refractivity contribution < 1.29 is 9.53 Å². The third-order valence-electron chi connectivity index (χ3n) is 1.77. The molecule has 0 fully saturated rings. The van der Waals surface area contributed by atoms with Crippen LogP contribution < -0.4 is 4.74 Å². The van der Waals surface area contributed by atoms with Crippen LogP contribution in [0.4, 0.5) is 0 Å². The number of aldehydes is 1. The molecule has 0 atom stereocenters. The lowest BCUT2D eigenvalue weighted by Gasteiger charge is -2.06. The van der Waals surface area contributed by atoms with E-state index in [-0.39, 0.29) is 0 Å². The van der Waals surface area contributed by atoms with Gasteiger partial charge < -0.3 is 4.74 Å². The maximum absolute atomic E-state index is 10.1. The molecule has 0 heterocycles. The molecule has 0 unspecified atom stereocenters. The summed E-state index contributed by atoms with van der Waals surface area (Å²) in [5.41, 5.74) is 1.00. The summed E-state index contributed by atoms with van der Waals surface area (Å²) in [6.45, 7) is 0. The van der Waals surface area contributed by atoms with E-state index >= 15 is 0 Å². The third kappa shape index (κ3) is 2.64. The summed E-state index contributed by atoms with van der Waals surface area (Å²) in [6.07, 6.45) is 6.01. The lowest BCUT2D eigenvalue weighted by atomic mass is 10.2. The minimum absolute atomic E-state index is 0.767. The zero-order chi connectivity index (χ0) is 10.4. The highest BCUT2D eigenvalue weighted by atomic mass is 32.2. The molecule has 0 N–H and O–H groups in total. The second-order valence-corrected chi connectivity index (χ2v) is 3.46. The van der Waals surface area contributed by atoms with E-state index in [0.29, 0.717) is 0 Å². The van der Waals surface area contributed by atoms with Gasteiger partial charge >= 0.3 is 0 Å². The van der Waals surface area contributed by atoms with Gasteiger partial charge in [-0.15, -0.1) is 11.8 Å². The molecule has 0 aliphatic rings. The lowest BCUT2D eigenvalue weighted by Crippen LogP contribution is -1.86. The molecule has 0 spiro atoms. The van der Waals surface area contributed by atoms with E-state index in [1.165, 1.54) is 6.08 Å². The Hall–Kier alpha value is -1.22. The van der Waals surface area contributed by atoms with Crippen LogP contribution in [0.2, 0.25) is 0 Å². The molecule has 74 valence electrons. The number of rotatable bonds is 4. The van der Waals surface area contributed by atoms with Gasteiger partial charge in [-0.3, -0.25) is 4.79 Å². The summed E-state index contributed by atoms with van der Waals surface area (Å²) in [7, 11) is 1.65. The Morgan fingerprint density at radius 2 is 2.21 bits per heavy atom. The Bertz CT molecular complexity index is 345. The number of thioether (sulfide) groups is 1. The number of carbonyl (C=O) groups is 1. The van der Waals surface area contributed by atoms with Crippen molar-refractivity contribution >= 4 is 24.1 Å². The van der Waals surface area contributed by atoms with Crippen molar-refractivity contribution in [3.8, 4) is 5.75 Å². The molecule has 1 rings (SSSR count). The molecule has 14 heavy (non-hydrogen) atoms. The summed E-state index contributed by atoms with van der Waals surface area (Å²) in [4.78, 5) is 11.2. The van der Waals surface area contributed by atoms with Crippen molar-refractivity contribution in [1.82, 2.24) is 0 Å². The molecule has 3 heteroatoms. The molecule has 1 aromatic carbocycles. The van der Waals surface area contributed by atoms with Gasteiger partial charge in [-0.1, -0.05) is 12.1 Å². The monoisotopic (exact) mass is 208 g/mol. The van der Waals surface area contributed by atoms with E-state index < -0.39 is 0 Å². The molecule has 0 amide bonds. The second-order valence-electron chi connectivity index (χ2n) is 2.61. The standard InChI is InChI=1S/C11H12O2S/c1-13-10-6-5-9(4-3-7-12)8-11(10)14-2/h3-8H,1-2H3/b4-3+. The number of hydrogen-bond donors (Lipinski definition) is 0. The number of carbonyl (C=O) groups excluding carboxylic acids is 1. The maximum Gasteiger partial charge on any atom is 0.142 e. The largest absolute Gasteiger partial charge is 0.496 e. The van der Waals surface area contributed by atoms with E-state index in [4.69, 9.17) is 4.74 Å². The van der Waals surface area contributed by atoms with Crippen molar-refractivity contribution in [2.24, 2.45) is 0 Å². The smallest absolute Gasteiger partial charge is 0.142 e. The lowest BCUT2D eigenvalue weighted by molar-refractivity contribution is -0.104. The van der Waals surface area contributed by atoms with Crippen LogP contribution in [0.1, 0.15) is 5.56 Å². The molecular weight excluding hydrogens is 196 g/mol. The number of hydrogen-bond acceptors (Lipinski definition) is 3. The Morgan fingerprint density at radius 1 is 1.43 bits per heavy atom. The van der Waals surface area contributed by atoms with Crippen LogP contribution in [0.25, 0.3) is 6.08 Å². The van der Waals surface area contributed by atoms with Gasteiger partial charge in [-0.25, -0.2) is 0 Å². The van der Waals surface area contributed by atoms with Crippen molar-refractivity contribution in [3.63, 3.8) is 0 Å². The number of ether oxygens (including phenoxy) is 1. The van der Waals surface area contributed by atoms with Crippen LogP contribution in [0.3, 0.4) is 0 Å². The molecule has 2 nitrogen and oxygen atoms in total. The van der Waals surface area contributed by atoms with E-state index in [0.717, 1.165) is 22.5 Å². The summed E-state index contributed by atoms with van der Waals surface area (Å²) in [6, 6.07) is 5.80. The Kier molecular flexibility index (Phi) is 4.26. The van der Waals surface area contributed by atoms with Crippen molar-refractivity contribution in [2.75, 3.05) is 13.4 Å². The van der Waals surface area contributed by atoms with Gasteiger partial charge in [0.2, 0.25) is 0 Å². The first kappa shape index (κ1) is 10.9. The molecule has 0 saturated carbocycles. The zero-order valence-corrected chi connectivity index (χ0v) is 9.01. The van der Waals surface area contributed by atoms with Gasteiger partial charge in [-0.2, -0.15) is 0 Å². The van der Waals surface area contributed by atoms with Crippen molar-refractivity contribution in [2.45, 2.75) is 4.90 Å². The second kappa shape index (κ2) is 5.50. The summed E-state index contributed by atoms with van der Waals surface area (Å²) in [5.74, 6) is 0.862. The van der Waals surface area contributed by atoms with Gasteiger partial charge in [0.05, 0.1) is 7.11 Å². The summed E-state index contributed by atoms with van der Waals surface area (Å²) >= 11 is 1.62. The SMILES string of the molecule is COc1ccc(/C=C/C=O)cc1SC. The van der Waals surface area contributed by atoms with Crippen LogP contribution in [-0.4, -0.2) is 19.7 Å². The van der Waals surface area contributed by atoms with Gasteiger partial charge in [0.25, 0.3) is 0 Å². The number of benzene rings is 1. The first-order chi connectivity index (χ1) is 6.81. The number of methoxy groups -OCH3 is 1. The predicted octanol–water partition coefficient (Wildman–Crippen LogP) is 2.63. The molecular formula is C11H12O2S. The molecule has 0 saturated heterocycles. The molecule has 0 bridgehead atoms. The fraction of sp³-hybridized carbons (Fsp3) is 0.182. The minimum atomic E-state index is 0.767. The fourth-order valence-corrected chi connectivity index (χ4v) is 1.71. The van der Waals surface area contributed by atoms with E-state index in [1.807, 2.05) is 24.5 Å². The van der Waals surface area contributed by atoms with Crippen LogP contribution in [-0.2, 0) is 4.79 Å². The molecule has 0 aliphatic carbocycles. The molecule has 0 aromatic heterocycles. The van der Waals surface area contributed by atoms with E-state index in [9.17, 15) is 4.79 Å². The first-order valence-electron chi connectivity index (χ1n) is 4.15. The fourth-order valence-electron chi connectivity index (χ4n) is 1.11. The maximum atomic E-state index is 10.1. The van der Waals surface area contributed by atoms with E-state index in [1.54, 1.807) is 24.9 Å². The normalized spacial score (nSPS) is 10.4. The van der Waals surface area contributed by atoms with E-state index in [2.05, 4.69) is 0 Å². The average molecular weight is 208 g/mol. The van der Waals surface area contributed by atoms with Crippen molar-refractivity contribution in [3.05, 3.63) is 29.8 Å². The van der Waals surface area contributed by atoms with Crippen LogP contribution >= 0.6 is 11.8 Å². The highest BCUT2D eigenvalue weighted by Crippen LogP contribution is 2.28. The highest BCUT2D eigenvalue weighted by molar-refractivity contribution is 7.98. The average Bonchev–Trinajstić information content (AvgIpc) is 2.25. The Balaban J connectivity index is 3.00. The first-order valence-corrected chi connectivity index (χ1v) is 5.38. The van der Waals surface area contributed by atoms with Crippen molar-refractivity contribution in [1.29, 1.82) is 0 Å². The van der Waals surface area contributed by atoms with Crippen LogP contribution in [0.15, 0.2) is 29.2 Å². The zero-order valence-electron chi connectivity index (χ0n) is 8.19. The quantitative estimate of drug-likeness (QED) is 0.432. The molecule has 1 aromatic rings. The van der Waals surface area contributed by atoms with Gasteiger partial charge in [-0.05, 0) is 30.0 Å². The van der Waals surface area contributed by atoms with Gasteiger partial charge in [0.15, 0.2) is 0 Å². The Labute approximate surface area is 88.0 Å². The third-order valence-corrected chi connectivity index (χ3v) is 2.53. The summed E-state index contributed by atoms with van der Waals surface area (Å²) in [5, 5.41) is 0. The summed E-state index contributed by atoms with van der Waals surface area (Å²) < 4.78 is 5.18. The van der Waals surface area contributed by atoms with Gasteiger partial charge in [0.1, 0.15) is 12.0 Å². The highest BCUT2D eigenvalue weighted by Gasteiger charge is 2.00. The molecule has 0 radical (unpaired) electrons. The molecule has 0 aliphatic heterocycles. The number of allylic oxidation sites excluding steroid dienone is 1. The van der Waals surface area contributed by atoms with Crippen LogP contribution in [0, 0.1) is 0 Å². The van der Waals surface area contributed by atoms with Crippen LogP contribution in [0.5, 0.6) is 5.75 Å². The minimum Gasteiger partial charge on any atom is -0.496 e. The Morgan fingerprint density at radius 3 is 2.79 bits per heavy atom.